The molecule has 0 saturated heterocycles. The van der Waals surface area contributed by atoms with Gasteiger partial charge in [0.15, 0.2) is 6.29 Å². The van der Waals surface area contributed by atoms with Crippen LogP contribution < -0.4 is 0 Å². The third-order valence-electron chi connectivity index (χ3n) is 2.94. The fraction of sp³-hybridized carbons (Fsp3) is 0.438. The lowest BCUT2D eigenvalue weighted by Crippen LogP contribution is -2.02. The van der Waals surface area contributed by atoms with Crippen molar-refractivity contribution in [3.05, 3.63) is 41.5 Å². The molecule has 0 bridgehead atoms. The molecule has 0 amide bonds. The van der Waals surface area contributed by atoms with Gasteiger partial charge in [0.1, 0.15) is 0 Å². The summed E-state index contributed by atoms with van der Waals surface area (Å²) in [6.45, 7) is 0.582. The number of aliphatic hydroxyl groups is 3. The van der Waals surface area contributed by atoms with Crippen LogP contribution in [0, 0.1) is 0 Å². The molecule has 0 aliphatic carbocycles. The van der Waals surface area contributed by atoms with E-state index in [0.29, 0.717) is 12.2 Å². The number of hydrogen-bond donors (Lipinski definition) is 3. The predicted molar refractivity (Wildman–Crippen MR) is 79.2 cm³/mol. The lowest BCUT2D eigenvalue weighted by Gasteiger charge is -2.03. The highest BCUT2D eigenvalue weighted by Crippen LogP contribution is 2.12. The number of benzene rings is 1. The molecule has 0 atom stereocenters. The second-order valence-corrected chi connectivity index (χ2v) is 4.68. The Kier molecular flexibility index (Phi) is 8.35. The normalized spacial score (nSPS) is 11.2. The summed E-state index contributed by atoms with van der Waals surface area (Å²) in [7, 11) is 0. The summed E-state index contributed by atoms with van der Waals surface area (Å²) in [6.07, 6.45) is 4.92. The SMILES string of the molecule is O=C(/C=C/c1ccc(C(O)O)cc1)OCCCCCCO. The number of carbonyl (C=O) groups excluding carboxylic acids is 1. The smallest absolute Gasteiger partial charge is 0.330 e. The van der Waals surface area contributed by atoms with E-state index in [9.17, 15) is 4.79 Å². The van der Waals surface area contributed by atoms with Gasteiger partial charge in [-0.15, -0.1) is 0 Å². The third-order valence-corrected chi connectivity index (χ3v) is 2.94. The van der Waals surface area contributed by atoms with Crippen LogP contribution in [0.5, 0.6) is 0 Å². The van der Waals surface area contributed by atoms with Crippen LogP contribution in [-0.4, -0.2) is 34.5 Å². The van der Waals surface area contributed by atoms with Gasteiger partial charge in [0.25, 0.3) is 0 Å². The van der Waals surface area contributed by atoms with E-state index in [4.69, 9.17) is 20.1 Å². The highest BCUT2D eigenvalue weighted by Gasteiger charge is 2.01. The maximum Gasteiger partial charge on any atom is 0.330 e. The molecule has 21 heavy (non-hydrogen) atoms. The summed E-state index contributed by atoms with van der Waals surface area (Å²) in [5.74, 6) is -0.400. The summed E-state index contributed by atoms with van der Waals surface area (Å²) >= 11 is 0. The standard InChI is InChI=1S/C16H22O5/c17-11-3-1-2-4-12-21-15(18)10-7-13-5-8-14(9-6-13)16(19)20/h5-10,16-17,19-20H,1-4,11-12H2/b10-7+. The van der Waals surface area contributed by atoms with E-state index in [1.54, 1.807) is 30.3 Å². The molecular weight excluding hydrogens is 272 g/mol. The molecular formula is C16H22O5. The Morgan fingerprint density at radius 2 is 1.76 bits per heavy atom. The van der Waals surface area contributed by atoms with Gasteiger partial charge in [-0.05, 0) is 30.9 Å². The number of hydrogen-bond acceptors (Lipinski definition) is 5. The zero-order valence-electron chi connectivity index (χ0n) is 11.9. The Bertz CT molecular complexity index is 436. The van der Waals surface area contributed by atoms with E-state index in [1.807, 2.05) is 0 Å². The van der Waals surface area contributed by atoms with Crippen molar-refractivity contribution >= 4 is 12.0 Å². The number of aliphatic hydroxyl groups excluding tert-OH is 2. The molecule has 0 aromatic heterocycles. The van der Waals surface area contributed by atoms with Crippen molar-refractivity contribution in [2.75, 3.05) is 13.2 Å². The van der Waals surface area contributed by atoms with Crippen molar-refractivity contribution in [3.8, 4) is 0 Å². The number of carbonyl (C=O) groups is 1. The molecule has 5 nitrogen and oxygen atoms in total. The monoisotopic (exact) mass is 294 g/mol. The first kappa shape index (κ1) is 17.4. The zero-order valence-corrected chi connectivity index (χ0v) is 11.9. The number of ether oxygens (including phenoxy) is 1. The van der Waals surface area contributed by atoms with Crippen molar-refractivity contribution in [3.63, 3.8) is 0 Å². The van der Waals surface area contributed by atoms with Crippen molar-refractivity contribution in [2.24, 2.45) is 0 Å². The van der Waals surface area contributed by atoms with E-state index in [2.05, 4.69) is 0 Å². The van der Waals surface area contributed by atoms with E-state index < -0.39 is 12.3 Å². The minimum Gasteiger partial charge on any atom is -0.463 e. The highest BCUT2D eigenvalue weighted by atomic mass is 16.5. The van der Waals surface area contributed by atoms with E-state index >= 15 is 0 Å². The van der Waals surface area contributed by atoms with Crippen LogP contribution in [-0.2, 0) is 9.53 Å². The average Bonchev–Trinajstić information content (AvgIpc) is 2.49. The van der Waals surface area contributed by atoms with Crippen molar-refractivity contribution < 1.29 is 24.9 Å². The maximum absolute atomic E-state index is 11.5. The molecule has 0 aliphatic heterocycles. The first-order chi connectivity index (χ1) is 10.1. The summed E-state index contributed by atoms with van der Waals surface area (Å²) in [5.41, 5.74) is 1.18. The van der Waals surface area contributed by atoms with Gasteiger partial charge >= 0.3 is 5.97 Å². The molecule has 0 unspecified atom stereocenters. The molecule has 0 heterocycles. The minimum atomic E-state index is -1.49. The Balaban J connectivity index is 2.27. The fourth-order valence-electron chi connectivity index (χ4n) is 1.73. The van der Waals surface area contributed by atoms with Gasteiger partial charge in [-0.25, -0.2) is 4.79 Å². The van der Waals surface area contributed by atoms with Crippen molar-refractivity contribution in [1.29, 1.82) is 0 Å². The molecule has 1 aromatic rings. The molecule has 3 N–H and O–H groups in total. The van der Waals surface area contributed by atoms with Crippen LogP contribution in [0.2, 0.25) is 0 Å². The molecule has 116 valence electrons. The van der Waals surface area contributed by atoms with E-state index in [1.165, 1.54) is 6.08 Å². The lowest BCUT2D eigenvalue weighted by atomic mass is 10.1. The molecule has 5 heteroatoms. The third kappa shape index (κ3) is 7.60. The summed E-state index contributed by atoms with van der Waals surface area (Å²) < 4.78 is 5.04. The Morgan fingerprint density at radius 1 is 1.10 bits per heavy atom. The fourth-order valence-corrected chi connectivity index (χ4v) is 1.73. The van der Waals surface area contributed by atoms with Crippen LogP contribution in [0.25, 0.3) is 6.08 Å². The molecule has 0 fully saturated rings. The van der Waals surface area contributed by atoms with Gasteiger partial charge in [-0.1, -0.05) is 30.7 Å². The van der Waals surface area contributed by atoms with Crippen molar-refractivity contribution in [1.82, 2.24) is 0 Å². The molecule has 1 rings (SSSR count). The van der Waals surface area contributed by atoms with Gasteiger partial charge in [-0.2, -0.15) is 0 Å². The highest BCUT2D eigenvalue weighted by molar-refractivity contribution is 5.87. The summed E-state index contributed by atoms with van der Waals surface area (Å²) in [4.78, 5) is 11.5. The largest absolute Gasteiger partial charge is 0.463 e. The second-order valence-electron chi connectivity index (χ2n) is 4.68. The van der Waals surface area contributed by atoms with E-state index in [0.717, 1.165) is 31.2 Å². The van der Waals surface area contributed by atoms with Gasteiger partial charge < -0.3 is 20.1 Å². The second kappa shape index (κ2) is 10.1. The average molecular weight is 294 g/mol. The van der Waals surface area contributed by atoms with Gasteiger partial charge in [0.05, 0.1) is 6.61 Å². The van der Waals surface area contributed by atoms with Crippen LogP contribution in [0.4, 0.5) is 0 Å². The Morgan fingerprint density at radius 3 is 2.38 bits per heavy atom. The van der Waals surface area contributed by atoms with Crippen molar-refractivity contribution in [2.45, 2.75) is 32.0 Å². The maximum atomic E-state index is 11.5. The summed E-state index contributed by atoms with van der Waals surface area (Å²) in [6, 6.07) is 6.54. The number of unbranched alkanes of at least 4 members (excludes halogenated alkanes) is 3. The van der Waals surface area contributed by atoms with Gasteiger partial charge in [0.2, 0.25) is 0 Å². The van der Waals surface area contributed by atoms with Gasteiger partial charge in [-0.3, -0.25) is 0 Å². The molecule has 1 aromatic carbocycles. The molecule has 0 spiro atoms. The number of rotatable bonds is 9. The molecule has 0 radical (unpaired) electrons. The topological polar surface area (TPSA) is 87.0 Å². The zero-order chi connectivity index (χ0) is 15.5. The molecule has 0 aliphatic rings. The van der Waals surface area contributed by atoms with Crippen LogP contribution in [0.15, 0.2) is 30.3 Å². The van der Waals surface area contributed by atoms with Crippen LogP contribution in [0.3, 0.4) is 0 Å². The number of esters is 1. The van der Waals surface area contributed by atoms with Crippen LogP contribution in [0.1, 0.15) is 43.1 Å². The first-order valence-electron chi connectivity index (χ1n) is 7.05. The Hall–Kier alpha value is -1.69. The Labute approximate surface area is 124 Å². The van der Waals surface area contributed by atoms with Gasteiger partial charge in [0, 0.05) is 18.2 Å². The minimum absolute atomic E-state index is 0.203. The van der Waals surface area contributed by atoms with Crippen LogP contribution >= 0.6 is 0 Å². The first-order valence-corrected chi connectivity index (χ1v) is 7.05. The summed E-state index contributed by atoms with van der Waals surface area (Å²) in [5, 5.41) is 26.5. The quantitative estimate of drug-likeness (QED) is 0.280. The lowest BCUT2D eigenvalue weighted by molar-refractivity contribution is -0.137. The molecule has 0 saturated carbocycles. The predicted octanol–water partition coefficient (Wildman–Crippen LogP) is 1.78. The van der Waals surface area contributed by atoms with E-state index in [-0.39, 0.29) is 6.61 Å².